The van der Waals surface area contributed by atoms with E-state index in [2.05, 4.69) is 11.2 Å². The predicted octanol–water partition coefficient (Wildman–Crippen LogP) is -0.324. The third-order valence-corrected chi connectivity index (χ3v) is 0. The van der Waals surface area contributed by atoms with Gasteiger partial charge in [-0.1, -0.05) is 0 Å². The minimum absolute atomic E-state index is 0. The Kier molecular flexibility index (Phi) is 4.98. The van der Waals surface area contributed by atoms with E-state index < -0.39 is 9.05 Å². The summed E-state index contributed by atoms with van der Waals surface area (Å²) in [6.07, 6.45) is 0. The van der Waals surface area contributed by atoms with Crippen molar-refractivity contribution in [3.8, 4) is 0 Å². The van der Waals surface area contributed by atoms with Gasteiger partial charge in [-0.3, -0.25) is 9.11 Å². The van der Waals surface area contributed by atoms with Crippen LogP contribution in [0.4, 0.5) is 0 Å². The maximum atomic E-state index is 9.11. The van der Waals surface area contributed by atoms with E-state index in [0.717, 1.165) is 0 Å². The predicted molar refractivity (Wildman–Crippen MR) is 20.8 cm³/mol. The average Bonchev–Trinajstić information content (AvgIpc) is 0.722. The van der Waals surface area contributed by atoms with Crippen LogP contribution >= 0.6 is 0 Å². The molecule has 0 aromatic carbocycles. The van der Waals surface area contributed by atoms with Crippen LogP contribution in [-0.2, 0) is 39.7 Å². The van der Waals surface area contributed by atoms with Gasteiger partial charge >= 0.3 is 0 Å². The van der Waals surface area contributed by atoms with Gasteiger partial charge in [0.15, 0.2) is 0 Å². The summed E-state index contributed by atoms with van der Waals surface area (Å²) in [5.74, 6) is 0. The van der Waals surface area contributed by atoms with Crippen LogP contribution < -0.4 is 0 Å². The summed E-state index contributed by atoms with van der Waals surface area (Å²) >= 11 is 3.47. The minimum Gasteiger partial charge on any atom is -0.285 e. The van der Waals surface area contributed by atoms with E-state index in [4.69, 9.17) is 13.3 Å². The molecule has 0 saturated heterocycles. The van der Waals surface area contributed by atoms with E-state index in [1.54, 1.807) is 0 Å². The Bertz CT molecular complexity index is 92.0. The van der Waals surface area contributed by atoms with Crippen molar-refractivity contribution < 1.29 is 32.8 Å². The molecule has 0 bridgehead atoms. The molecule has 0 fully saturated rings. The largest absolute Gasteiger partial charge is 0.285 e. The van der Waals surface area contributed by atoms with Gasteiger partial charge in [0.25, 0.3) is 9.05 Å². The zero-order chi connectivity index (χ0) is 4.50. The van der Waals surface area contributed by atoms with Gasteiger partial charge in [0, 0.05) is 30.7 Å². The molecule has 0 amide bonds. The van der Waals surface area contributed by atoms with Crippen molar-refractivity contribution in [2.24, 2.45) is 0 Å². The van der Waals surface area contributed by atoms with Gasteiger partial charge in [-0.15, -0.1) is 0 Å². The van der Waals surface area contributed by atoms with E-state index >= 15 is 0 Å². The zero-order valence-corrected chi connectivity index (χ0v) is 7.43. The smallest absolute Gasteiger partial charge is 0.263 e. The molecule has 0 rings (SSSR count). The molecule has 0 aromatic rings. The molecule has 0 unspecified atom stereocenters. The Morgan fingerprint density at radius 1 is 1.50 bits per heavy atom. The Hall–Kier alpha value is 0.913. The summed E-state index contributed by atoms with van der Waals surface area (Å²) in [6.45, 7) is 0. The molecule has 2 N–H and O–H groups in total. The molecule has 0 heterocycles. The topological polar surface area (TPSA) is 57.5 Å². The summed E-state index contributed by atoms with van der Waals surface area (Å²) in [5.41, 5.74) is 0. The number of hydrogen-bond donors (Lipinski definition) is 2. The molecule has 6 heteroatoms. The summed E-state index contributed by atoms with van der Waals surface area (Å²) in [7, 11) is -3.83. The summed E-state index contributed by atoms with van der Waals surface area (Å²) in [5, 5.41) is 0. The third-order valence-electron chi connectivity index (χ3n) is 0. The van der Waals surface area contributed by atoms with Gasteiger partial charge in [0.2, 0.25) is 0 Å². The molecule has 0 aromatic heterocycles. The zero-order valence-electron chi connectivity index (χ0n) is 2.83. The maximum absolute atomic E-state index is 9.11. The molecular weight excluding hydrogens is 178 g/mol. The molecule has 0 aliphatic heterocycles. The Balaban J connectivity index is 0. The molecule has 0 radical (unpaired) electrons. The van der Waals surface area contributed by atoms with Crippen LogP contribution in [0.1, 0.15) is 0 Å². The fraction of sp³-hybridized carbons (Fsp3) is 0. The number of rotatable bonds is 0. The van der Waals surface area contributed by atoms with Gasteiger partial charge in [-0.25, -0.2) is 0 Å². The monoisotopic (exact) mass is 178 g/mol. The summed E-state index contributed by atoms with van der Waals surface area (Å²) < 4.78 is 24.0. The van der Waals surface area contributed by atoms with Gasteiger partial charge in [-0.2, -0.15) is 4.21 Å². The van der Waals surface area contributed by atoms with E-state index in [0.29, 0.717) is 0 Å². The number of hydrogen-bond acceptors (Lipinski definition) is 2. The molecule has 3 nitrogen and oxygen atoms in total. The standard InChI is InChI=1S/H2O3S2.Zn/c1-5(2,3)4;/h(H2,1,2,3,4);. The van der Waals surface area contributed by atoms with Crippen LogP contribution in [0.3, 0.4) is 0 Å². The fourth-order valence-electron chi connectivity index (χ4n) is 0. The van der Waals surface area contributed by atoms with Gasteiger partial charge in [0.05, 0.1) is 0 Å². The van der Waals surface area contributed by atoms with E-state index in [9.17, 15) is 0 Å². The van der Waals surface area contributed by atoms with E-state index in [-0.39, 0.29) is 19.5 Å². The average molecular weight is 180 g/mol. The second-order valence-corrected chi connectivity index (χ2v) is 2.65. The van der Waals surface area contributed by atoms with Gasteiger partial charge in [0.1, 0.15) is 0 Å². The van der Waals surface area contributed by atoms with Crippen LogP contribution in [0, 0.1) is 0 Å². The Morgan fingerprint density at radius 2 is 1.50 bits per heavy atom. The van der Waals surface area contributed by atoms with E-state index in [1.165, 1.54) is 0 Å². The quantitative estimate of drug-likeness (QED) is 0.501. The summed E-state index contributed by atoms with van der Waals surface area (Å²) in [6, 6.07) is 0. The van der Waals surface area contributed by atoms with Crippen molar-refractivity contribution in [1.29, 1.82) is 0 Å². The molecule has 0 aliphatic carbocycles. The van der Waals surface area contributed by atoms with Crippen molar-refractivity contribution in [2.75, 3.05) is 0 Å². The first-order valence-corrected chi connectivity index (χ1v) is 3.10. The van der Waals surface area contributed by atoms with Gasteiger partial charge in [-0.05, 0) is 0 Å². The molecule has 0 saturated carbocycles. The SMILES string of the molecule is O=S(O)(O)=S.[Zn]. The van der Waals surface area contributed by atoms with Crippen LogP contribution in [0.2, 0.25) is 0 Å². The Labute approximate surface area is 53.2 Å². The first-order valence-electron chi connectivity index (χ1n) is 0.698. The molecule has 34 valence electrons. The first kappa shape index (κ1) is 10.0. The normalized spacial score (nSPS) is 9.67. The molecule has 0 spiro atoms. The first-order chi connectivity index (χ1) is 2.00. The van der Waals surface area contributed by atoms with Crippen LogP contribution in [-0.4, -0.2) is 13.3 Å². The van der Waals surface area contributed by atoms with E-state index in [1.807, 2.05) is 0 Å². The Morgan fingerprint density at radius 3 is 1.50 bits per heavy atom. The second kappa shape index (κ2) is 2.99. The third kappa shape index (κ3) is 90.2. The molecule has 0 aliphatic rings. The van der Waals surface area contributed by atoms with Crippen LogP contribution in [0.25, 0.3) is 0 Å². The minimum atomic E-state index is -3.83. The maximum Gasteiger partial charge on any atom is 0.263 e. The second-order valence-electron chi connectivity index (χ2n) is 0.448. The van der Waals surface area contributed by atoms with Crippen molar-refractivity contribution in [3.05, 3.63) is 0 Å². The van der Waals surface area contributed by atoms with Crippen LogP contribution in [0.5, 0.6) is 0 Å². The fourth-order valence-corrected chi connectivity index (χ4v) is 0. The molecule has 6 heavy (non-hydrogen) atoms. The van der Waals surface area contributed by atoms with Crippen molar-refractivity contribution in [3.63, 3.8) is 0 Å². The summed E-state index contributed by atoms with van der Waals surface area (Å²) in [4.78, 5) is 0. The molecular formula is H2O3S2Zn. The van der Waals surface area contributed by atoms with Crippen molar-refractivity contribution in [2.45, 2.75) is 0 Å². The van der Waals surface area contributed by atoms with Gasteiger partial charge < -0.3 is 0 Å². The van der Waals surface area contributed by atoms with Crippen LogP contribution in [0.15, 0.2) is 0 Å². The molecule has 0 atom stereocenters. The van der Waals surface area contributed by atoms with Crippen molar-refractivity contribution >= 4 is 20.2 Å². The van der Waals surface area contributed by atoms with Crippen molar-refractivity contribution in [1.82, 2.24) is 0 Å².